The second-order valence-electron chi connectivity index (χ2n) is 37.9. The molecule has 6 rings (SSSR count). The monoisotopic (exact) mass is 2000 g/mol. The maximum absolute atomic E-state index is 14.4. The van der Waals surface area contributed by atoms with Crippen molar-refractivity contribution in [2.45, 2.75) is 353 Å². The van der Waals surface area contributed by atoms with Crippen molar-refractivity contribution in [2.24, 2.45) is 47.0 Å². The standard InChI is InChI=1S/C102H162N4O35/c1-61-33-29-25-21-17-13-9-11-15-19-23-27-31-35-75(138-99-95(125)89(103)93(123)67(7)136-99)55-83-87(81(117)59-101(129,140-83)57-73(111)51-79(115)77(113)39-37-69(107)49-71(109)53-85(119)134-65(5)63(3)91(61)121)97(127)105-41-43-131-45-47-133-48-46-132-44-42-106-98(128)88-82(118)60-102(130)58-74(112)52-80(116)78(114)40-38-70(108)50-72(110)54-86(120)135-66(6)64(4)92(122)62(2)34-30-26-22-18-14-10-12-16-20-24-28-32-36-76(56-84(88)141-102)139-100-96(126)90(104)94(124)68(8)137-100/h9-36,61-84,87-96,99-100,107-118,121-126,129-130H,37-60,103-104H2,1-8H3,(H,105,127)(H,106,128)/t61-,62-,63-,64-,65-,66-,67+,68+,69+,70+,71+,72+,73-,74-,75-,76-,77+,78+,79+,80+,81-,82-,83-,84-,87+,88+,89-,90-,91+,92+,93+,94+,95-,96-,99-,100-,101+,102+/m0/s1. The van der Waals surface area contributed by atoms with E-state index in [9.17, 15) is 121 Å². The van der Waals surface area contributed by atoms with Crippen LogP contribution in [0.5, 0.6) is 0 Å². The van der Waals surface area contributed by atoms with Gasteiger partial charge in [0.05, 0.1) is 211 Å². The van der Waals surface area contributed by atoms with Crippen molar-refractivity contribution in [3.05, 3.63) is 170 Å². The summed E-state index contributed by atoms with van der Waals surface area (Å²) >= 11 is 0. The molecule has 0 saturated carbocycles. The van der Waals surface area contributed by atoms with Gasteiger partial charge < -0.3 is 176 Å². The van der Waals surface area contributed by atoms with Gasteiger partial charge in [0.1, 0.15) is 24.4 Å². The quantitative estimate of drug-likeness (QED) is 0.0658. The third-order valence-corrected chi connectivity index (χ3v) is 25.9. The number of amides is 2. The summed E-state index contributed by atoms with van der Waals surface area (Å²) in [5.41, 5.74) is 12.4. The summed E-state index contributed by atoms with van der Waals surface area (Å²) in [5, 5.41) is 230. The van der Waals surface area contributed by atoms with Crippen molar-refractivity contribution in [1.29, 1.82) is 0 Å². The number of hydrogen-bond acceptors (Lipinski definition) is 37. The lowest BCUT2D eigenvalue weighted by molar-refractivity contribution is -0.308. The van der Waals surface area contributed by atoms with E-state index in [1.54, 1.807) is 186 Å². The molecule has 4 saturated heterocycles. The largest absolute Gasteiger partial charge is 0.462 e. The Morgan fingerprint density at radius 2 is 0.638 bits per heavy atom. The van der Waals surface area contributed by atoms with Crippen LogP contribution in [0.4, 0.5) is 0 Å². The molecule has 38 atom stereocenters. The van der Waals surface area contributed by atoms with Crippen molar-refractivity contribution in [3.63, 3.8) is 0 Å². The number of carbonyl (C=O) groups excluding carboxylic acids is 4. The number of nitrogens with two attached hydrogens (primary N) is 2. The number of aliphatic hydroxyl groups excluding tert-OH is 18. The minimum Gasteiger partial charge on any atom is -0.462 e. The fraction of sp³-hybridized carbons (Fsp3) is 0.686. The summed E-state index contributed by atoms with van der Waals surface area (Å²) in [5.74, 6) is -12.5. The minimum absolute atomic E-state index is 0.00632. The van der Waals surface area contributed by atoms with Crippen LogP contribution in [0.1, 0.15) is 158 Å². The molecule has 0 aromatic carbocycles. The predicted octanol–water partition coefficient (Wildman–Crippen LogP) is 0.550. The van der Waals surface area contributed by atoms with Gasteiger partial charge in [-0.15, -0.1) is 0 Å². The average Bonchev–Trinajstić information content (AvgIpc) is 0.753. The van der Waals surface area contributed by atoms with Gasteiger partial charge >= 0.3 is 11.9 Å². The Bertz CT molecular complexity index is 3820. The smallest absolute Gasteiger partial charge is 0.308 e. The van der Waals surface area contributed by atoms with Gasteiger partial charge in [0.25, 0.3) is 0 Å². The van der Waals surface area contributed by atoms with Crippen molar-refractivity contribution in [2.75, 3.05) is 52.7 Å². The van der Waals surface area contributed by atoms with Crippen LogP contribution >= 0.6 is 0 Å². The van der Waals surface area contributed by atoms with Gasteiger partial charge in [-0.25, -0.2) is 0 Å². The summed E-state index contributed by atoms with van der Waals surface area (Å²) in [6.07, 6.45) is 3.99. The number of nitrogens with one attached hydrogen (secondary N) is 2. The highest BCUT2D eigenvalue weighted by molar-refractivity contribution is 5.80. The van der Waals surface area contributed by atoms with Gasteiger partial charge in [-0.2, -0.15) is 0 Å². The van der Waals surface area contributed by atoms with Crippen molar-refractivity contribution in [3.8, 4) is 0 Å². The van der Waals surface area contributed by atoms with E-state index in [-0.39, 0.29) is 116 Å². The zero-order valence-electron chi connectivity index (χ0n) is 82.1. The Morgan fingerprint density at radius 3 is 0.957 bits per heavy atom. The Kier molecular flexibility index (Phi) is 55.9. The molecule has 0 radical (unpaired) electrons. The van der Waals surface area contributed by atoms with Crippen molar-refractivity contribution >= 4 is 23.8 Å². The molecule has 4 fully saturated rings. The van der Waals surface area contributed by atoms with Crippen LogP contribution < -0.4 is 22.1 Å². The van der Waals surface area contributed by atoms with E-state index in [0.717, 1.165) is 0 Å². The predicted molar refractivity (Wildman–Crippen MR) is 517 cm³/mol. The van der Waals surface area contributed by atoms with Gasteiger partial charge in [0.2, 0.25) is 11.8 Å². The molecule has 0 aliphatic carbocycles. The normalized spacial score (nSPS) is 39.8. The fourth-order valence-electron chi connectivity index (χ4n) is 17.2. The first-order valence-electron chi connectivity index (χ1n) is 49.1. The number of aliphatic hydroxyl groups is 20. The lowest BCUT2D eigenvalue weighted by atomic mass is 9.82. The summed E-state index contributed by atoms with van der Waals surface area (Å²) in [7, 11) is 0. The molecule has 4 bridgehead atoms. The molecule has 39 nitrogen and oxygen atoms in total. The second kappa shape index (κ2) is 64.2. The van der Waals surface area contributed by atoms with Gasteiger partial charge in [-0.05, 0) is 66.2 Å². The molecule has 0 aromatic rings. The molecular formula is C102H162N4O35. The Labute approximate surface area is 826 Å². The first-order chi connectivity index (χ1) is 66.9. The summed E-state index contributed by atoms with van der Waals surface area (Å²) in [6, 6.07) is -2.46. The van der Waals surface area contributed by atoms with Crippen LogP contribution in [0.3, 0.4) is 0 Å². The molecule has 141 heavy (non-hydrogen) atoms. The molecule has 0 aromatic heterocycles. The van der Waals surface area contributed by atoms with E-state index in [1.807, 2.05) is 13.8 Å². The summed E-state index contributed by atoms with van der Waals surface area (Å²) in [4.78, 5) is 54.6. The van der Waals surface area contributed by atoms with Crippen LogP contribution in [0.15, 0.2) is 170 Å². The van der Waals surface area contributed by atoms with Gasteiger partial charge in [0, 0.05) is 88.1 Å². The molecule has 0 spiro atoms. The number of carbonyl (C=O) groups is 4. The van der Waals surface area contributed by atoms with Crippen molar-refractivity contribution in [1.82, 2.24) is 10.6 Å². The topological polar surface area (TPSA) is 651 Å². The Balaban J connectivity index is 1.11. The first kappa shape index (κ1) is 123. The van der Waals surface area contributed by atoms with Crippen molar-refractivity contribution < 1.29 is 173 Å². The highest BCUT2D eigenvalue weighted by atomic mass is 16.7. The summed E-state index contributed by atoms with van der Waals surface area (Å²) in [6.45, 7) is 13.0. The average molecular weight is 2000 g/mol. The number of ether oxygens (including phenoxy) is 11. The molecule has 6 aliphatic rings. The van der Waals surface area contributed by atoms with Gasteiger partial charge in [-0.1, -0.05) is 198 Å². The van der Waals surface area contributed by atoms with Crippen LogP contribution in [-0.2, 0) is 71.3 Å². The number of allylic oxidation sites excluding steroid dienone is 24. The molecule has 6 heterocycles. The van der Waals surface area contributed by atoms with Gasteiger partial charge in [0.15, 0.2) is 24.2 Å². The number of hydrogen-bond donors (Lipinski definition) is 24. The second-order valence-corrected chi connectivity index (χ2v) is 37.9. The van der Waals surface area contributed by atoms with E-state index in [1.165, 1.54) is 26.0 Å². The van der Waals surface area contributed by atoms with E-state index >= 15 is 0 Å². The molecule has 6 aliphatic heterocycles. The molecule has 2 amide bonds. The molecule has 800 valence electrons. The zero-order valence-corrected chi connectivity index (χ0v) is 82.1. The number of fused-ring (bicyclic) bond motifs is 4. The lowest BCUT2D eigenvalue weighted by Gasteiger charge is -2.46. The molecule has 39 heteroatoms. The van der Waals surface area contributed by atoms with Gasteiger partial charge in [-0.3, -0.25) is 19.2 Å². The maximum atomic E-state index is 14.4. The number of esters is 2. The van der Waals surface area contributed by atoms with E-state index < -0.39 is 294 Å². The first-order valence-corrected chi connectivity index (χ1v) is 49.1. The summed E-state index contributed by atoms with van der Waals surface area (Å²) < 4.78 is 65.4. The van der Waals surface area contributed by atoms with E-state index in [4.69, 9.17) is 63.6 Å². The maximum Gasteiger partial charge on any atom is 0.308 e. The molecular weight excluding hydrogens is 1840 g/mol. The number of rotatable bonds is 18. The number of cyclic esters (lactones) is 2. The van der Waals surface area contributed by atoms with E-state index in [2.05, 4.69) is 10.6 Å². The SMILES string of the molecule is C[C@@H]1[C@H](O)[C@@H](C)C=CC=CC=CC=CC=CC=CC=C[C@H](O[C@@H]2O[C@H](C)[C@@H](O)[C@H](N)[C@@H]2O)C[C@@H]2O[C@](O)(C[C@@H](O)C[C@@H](O)[C@H](O)CC[C@@H](O)C[C@@H](O)CC(=O)O[C@H]1C)C[C@H](O)[C@H]2C(=O)NCCOCCOCCOCCNC(=O)[C@H]1[C@@H]2C[C@@H](O[C@@H]3O[C@H](C)[C@@H](O)[C@H](N)[C@@H]3O)C=CC=CC=CC=CC=CC=CC=C[C@H](C)[C@@H](O)[C@@H](C)[C@H](C)OC(=O)C[C@H](O)C[C@H](O)CC[C@@H](O)[C@H](O)C[C@H](O)C[C@](O)(C[C@@H]1O)O2. The van der Waals surface area contributed by atoms with Crippen LogP contribution in [-0.4, -0.2) is 374 Å². The highest BCUT2D eigenvalue weighted by Gasteiger charge is 2.54. The minimum atomic E-state index is -2.42. The lowest BCUT2D eigenvalue weighted by Crippen LogP contribution is -2.62. The Hall–Kier alpha value is -7.00. The van der Waals surface area contributed by atoms with Crippen LogP contribution in [0.2, 0.25) is 0 Å². The Morgan fingerprint density at radius 1 is 0.340 bits per heavy atom. The van der Waals surface area contributed by atoms with E-state index in [0.29, 0.717) is 0 Å². The van der Waals surface area contributed by atoms with Crippen LogP contribution in [0.25, 0.3) is 0 Å². The highest BCUT2D eigenvalue weighted by Crippen LogP contribution is 2.41. The fourth-order valence-corrected chi connectivity index (χ4v) is 17.2. The zero-order chi connectivity index (χ0) is 104. The third kappa shape index (κ3) is 44.3. The molecule has 0 unspecified atom stereocenters. The third-order valence-electron chi connectivity index (χ3n) is 25.9. The molecule has 26 N–H and O–H groups in total. The van der Waals surface area contributed by atoms with Crippen LogP contribution in [0, 0.1) is 35.5 Å².